The molecule has 0 bridgehead atoms. The predicted molar refractivity (Wildman–Crippen MR) is 70.8 cm³/mol. The summed E-state index contributed by atoms with van der Waals surface area (Å²) in [7, 11) is 1.52. The maximum Gasteiger partial charge on any atom is 0.253 e. The van der Waals surface area contributed by atoms with E-state index in [1.165, 1.54) is 7.11 Å². The number of hydrogen-bond acceptors (Lipinski definition) is 4. The zero-order valence-corrected chi connectivity index (χ0v) is 11.0. The van der Waals surface area contributed by atoms with Crippen molar-refractivity contribution in [1.29, 1.82) is 0 Å². The molecular weight excluding hydrogens is 232 g/mol. The van der Waals surface area contributed by atoms with Gasteiger partial charge in [0.05, 0.1) is 25.0 Å². The fourth-order valence-corrected chi connectivity index (χ4v) is 1.56. The Hall–Kier alpha value is -1.75. The molecule has 5 nitrogen and oxygen atoms in total. The van der Waals surface area contributed by atoms with Gasteiger partial charge >= 0.3 is 0 Å². The van der Waals surface area contributed by atoms with E-state index in [0.717, 1.165) is 0 Å². The number of ether oxygens (including phenoxy) is 2. The number of benzene rings is 1. The van der Waals surface area contributed by atoms with Gasteiger partial charge in [-0.2, -0.15) is 0 Å². The number of hydrogen-bond donors (Lipinski definition) is 2. The van der Waals surface area contributed by atoms with E-state index in [0.29, 0.717) is 30.2 Å². The molecule has 0 fully saturated rings. The Morgan fingerprint density at radius 2 is 2.22 bits per heavy atom. The van der Waals surface area contributed by atoms with Crippen LogP contribution >= 0.6 is 0 Å². The molecule has 0 aliphatic rings. The molecule has 0 aliphatic carbocycles. The van der Waals surface area contributed by atoms with Gasteiger partial charge in [0.1, 0.15) is 5.75 Å². The van der Waals surface area contributed by atoms with Crippen LogP contribution in [0.3, 0.4) is 0 Å². The van der Waals surface area contributed by atoms with Crippen LogP contribution < -0.4 is 15.8 Å². The maximum atomic E-state index is 12.0. The molecule has 0 radical (unpaired) electrons. The molecule has 0 spiro atoms. The van der Waals surface area contributed by atoms with Gasteiger partial charge in [-0.3, -0.25) is 4.79 Å². The monoisotopic (exact) mass is 252 g/mol. The largest absolute Gasteiger partial charge is 0.495 e. The third-order valence-electron chi connectivity index (χ3n) is 2.48. The van der Waals surface area contributed by atoms with Crippen LogP contribution in [0.4, 0.5) is 5.69 Å². The van der Waals surface area contributed by atoms with Gasteiger partial charge in [0.2, 0.25) is 0 Å². The SMILES string of the molecule is CCOCC(C)NC(=O)c1cccc(OC)c1N. The Bertz CT molecular complexity index is 407. The molecule has 18 heavy (non-hydrogen) atoms. The lowest BCUT2D eigenvalue weighted by Crippen LogP contribution is -2.36. The minimum absolute atomic E-state index is 0.0666. The molecule has 0 aromatic heterocycles. The van der Waals surface area contributed by atoms with Gasteiger partial charge in [0, 0.05) is 12.6 Å². The standard InChI is InChI=1S/C13H20N2O3/c1-4-18-8-9(2)15-13(16)10-6-5-7-11(17-3)12(10)14/h5-7,9H,4,8,14H2,1-3H3,(H,15,16). The number of rotatable bonds is 6. The highest BCUT2D eigenvalue weighted by Gasteiger charge is 2.14. The molecule has 1 atom stereocenters. The number of nitrogen functional groups attached to an aromatic ring is 1. The van der Waals surface area contributed by atoms with Gasteiger partial charge in [-0.25, -0.2) is 0 Å². The first kappa shape index (κ1) is 14.3. The van der Waals surface area contributed by atoms with Crippen LogP contribution in [0.2, 0.25) is 0 Å². The van der Waals surface area contributed by atoms with Crippen molar-refractivity contribution in [3.8, 4) is 5.75 Å². The van der Waals surface area contributed by atoms with Gasteiger partial charge in [0.25, 0.3) is 5.91 Å². The van der Waals surface area contributed by atoms with Crippen LogP contribution in [-0.4, -0.2) is 32.3 Å². The molecule has 1 rings (SSSR count). The number of amides is 1. The Kier molecular flexibility index (Phi) is 5.45. The zero-order chi connectivity index (χ0) is 13.5. The Morgan fingerprint density at radius 3 is 2.83 bits per heavy atom. The highest BCUT2D eigenvalue weighted by Crippen LogP contribution is 2.24. The summed E-state index contributed by atoms with van der Waals surface area (Å²) in [6.07, 6.45) is 0. The first-order valence-corrected chi connectivity index (χ1v) is 5.91. The van der Waals surface area contributed by atoms with E-state index in [2.05, 4.69) is 5.32 Å². The molecule has 0 saturated heterocycles. The normalized spacial score (nSPS) is 11.9. The molecule has 0 heterocycles. The molecule has 0 aliphatic heterocycles. The number of nitrogens with one attached hydrogen (secondary N) is 1. The van der Waals surface area contributed by atoms with Crippen LogP contribution in [0, 0.1) is 0 Å². The van der Waals surface area contributed by atoms with Crippen LogP contribution in [0.1, 0.15) is 24.2 Å². The van der Waals surface area contributed by atoms with Gasteiger partial charge in [-0.05, 0) is 26.0 Å². The van der Waals surface area contributed by atoms with Gasteiger partial charge in [-0.1, -0.05) is 6.07 Å². The van der Waals surface area contributed by atoms with Crippen molar-refractivity contribution < 1.29 is 14.3 Å². The summed E-state index contributed by atoms with van der Waals surface area (Å²) in [5.74, 6) is 0.277. The first-order chi connectivity index (χ1) is 8.60. The second-order valence-corrected chi connectivity index (χ2v) is 3.96. The van der Waals surface area contributed by atoms with Crippen molar-refractivity contribution in [2.75, 3.05) is 26.1 Å². The molecule has 0 saturated carbocycles. The quantitative estimate of drug-likeness (QED) is 0.751. The van der Waals surface area contributed by atoms with Crippen LogP contribution in [0.25, 0.3) is 0 Å². The van der Waals surface area contributed by atoms with Crippen molar-refractivity contribution in [2.45, 2.75) is 19.9 Å². The minimum atomic E-state index is -0.224. The summed E-state index contributed by atoms with van der Waals surface area (Å²) in [5.41, 5.74) is 6.62. The lowest BCUT2D eigenvalue weighted by atomic mass is 10.1. The van der Waals surface area contributed by atoms with Gasteiger partial charge in [0.15, 0.2) is 0 Å². The van der Waals surface area contributed by atoms with E-state index in [4.69, 9.17) is 15.2 Å². The second-order valence-electron chi connectivity index (χ2n) is 3.96. The molecule has 1 unspecified atom stereocenters. The average molecular weight is 252 g/mol. The van der Waals surface area contributed by atoms with Crippen molar-refractivity contribution in [3.63, 3.8) is 0 Å². The third-order valence-corrected chi connectivity index (χ3v) is 2.48. The molecule has 100 valence electrons. The summed E-state index contributed by atoms with van der Waals surface area (Å²) in [6, 6.07) is 5.05. The lowest BCUT2D eigenvalue weighted by molar-refractivity contribution is 0.0872. The van der Waals surface area contributed by atoms with Crippen molar-refractivity contribution >= 4 is 11.6 Å². The second kappa shape index (κ2) is 6.86. The molecule has 1 amide bonds. The van der Waals surface area contributed by atoms with E-state index in [-0.39, 0.29) is 11.9 Å². The van der Waals surface area contributed by atoms with Crippen molar-refractivity contribution in [2.24, 2.45) is 0 Å². The number of methoxy groups -OCH3 is 1. The fraction of sp³-hybridized carbons (Fsp3) is 0.462. The van der Waals surface area contributed by atoms with E-state index in [1.807, 2.05) is 13.8 Å². The molecular formula is C13H20N2O3. The van der Waals surface area contributed by atoms with Gasteiger partial charge in [-0.15, -0.1) is 0 Å². The summed E-state index contributed by atoms with van der Waals surface area (Å²) >= 11 is 0. The van der Waals surface area contributed by atoms with Crippen LogP contribution in [0.15, 0.2) is 18.2 Å². The summed E-state index contributed by atoms with van der Waals surface area (Å²) in [4.78, 5) is 12.0. The van der Waals surface area contributed by atoms with E-state index in [9.17, 15) is 4.79 Å². The predicted octanol–water partition coefficient (Wildman–Crippen LogP) is 1.43. The lowest BCUT2D eigenvalue weighted by Gasteiger charge is -2.15. The maximum absolute atomic E-state index is 12.0. The molecule has 5 heteroatoms. The topological polar surface area (TPSA) is 73.6 Å². The van der Waals surface area contributed by atoms with Crippen LogP contribution in [-0.2, 0) is 4.74 Å². The molecule has 1 aromatic rings. The number of carbonyl (C=O) groups is 1. The van der Waals surface area contributed by atoms with E-state index < -0.39 is 0 Å². The number of nitrogens with two attached hydrogens (primary N) is 1. The van der Waals surface area contributed by atoms with E-state index in [1.54, 1.807) is 18.2 Å². The van der Waals surface area contributed by atoms with Crippen molar-refractivity contribution in [3.05, 3.63) is 23.8 Å². The van der Waals surface area contributed by atoms with Gasteiger partial charge < -0.3 is 20.5 Å². The van der Waals surface area contributed by atoms with Crippen LogP contribution in [0.5, 0.6) is 5.75 Å². The number of anilines is 1. The smallest absolute Gasteiger partial charge is 0.253 e. The zero-order valence-electron chi connectivity index (χ0n) is 11.0. The number of para-hydroxylation sites is 1. The summed E-state index contributed by atoms with van der Waals surface area (Å²) < 4.78 is 10.3. The first-order valence-electron chi connectivity index (χ1n) is 5.91. The summed E-state index contributed by atoms with van der Waals surface area (Å²) in [5, 5.41) is 2.82. The number of carbonyl (C=O) groups excluding carboxylic acids is 1. The van der Waals surface area contributed by atoms with Crippen molar-refractivity contribution in [1.82, 2.24) is 5.32 Å². The molecule has 1 aromatic carbocycles. The third kappa shape index (κ3) is 3.63. The van der Waals surface area contributed by atoms with E-state index >= 15 is 0 Å². The summed E-state index contributed by atoms with van der Waals surface area (Å²) in [6.45, 7) is 4.89. The Morgan fingerprint density at radius 1 is 1.50 bits per heavy atom. The molecule has 3 N–H and O–H groups in total. The fourth-order valence-electron chi connectivity index (χ4n) is 1.56. The highest BCUT2D eigenvalue weighted by molar-refractivity contribution is 6.00. The minimum Gasteiger partial charge on any atom is -0.495 e. The highest BCUT2D eigenvalue weighted by atomic mass is 16.5. The average Bonchev–Trinajstić information content (AvgIpc) is 2.36. The Balaban J connectivity index is 2.72. The Labute approximate surface area is 107 Å².